The fourth-order valence-electron chi connectivity index (χ4n) is 1.94. The molecule has 0 spiro atoms. The van der Waals surface area contributed by atoms with E-state index in [9.17, 15) is 14.9 Å². The van der Waals surface area contributed by atoms with Gasteiger partial charge >= 0.3 is 0 Å². The lowest BCUT2D eigenvalue weighted by Crippen LogP contribution is -2.14. The number of fused-ring (bicyclic) bond motifs is 1. The van der Waals surface area contributed by atoms with Crippen molar-refractivity contribution < 1.29 is 4.92 Å². The third-order valence-electron chi connectivity index (χ3n) is 2.85. The molecular formula is C12H7ClN4O3. The van der Waals surface area contributed by atoms with E-state index >= 15 is 0 Å². The summed E-state index contributed by atoms with van der Waals surface area (Å²) in [6.45, 7) is 0. The molecule has 7 nitrogen and oxygen atoms in total. The van der Waals surface area contributed by atoms with Crippen LogP contribution < -0.4 is 5.56 Å². The summed E-state index contributed by atoms with van der Waals surface area (Å²) in [5.41, 5.74) is 0.367. The number of nitro groups is 1. The summed E-state index contributed by atoms with van der Waals surface area (Å²) in [6.07, 6.45) is 1.40. The van der Waals surface area contributed by atoms with Crippen molar-refractivity contribution in [2.75, 3.05) is 0 Å². The number of non-ortho nitro benzene ring substituents is 1. The van der Waals surface area contributed by atoms with Crippen LogP contribution in [0.5, 0.6) is 0 Å². The molecular weight excluding hydrogens is 284 g/mol. The quantitative estimate of drug-likeness (QED) is 0.579. The van der Waals surface area contributed by atoms with E-state index in [-0.39, 0.29) is 22.6 Å². The standard InChI is InChI=1S/C12H7ClN4O3/c13-16-6-2-3-7(12(16)18)11-14-8-4-1-5-9(17(19)20)10(8)15-11/h1-6H,(H,14,15). The third-order valence-corrected chi connectivity index (χ3v) is 3.11. The minimum atomic E-state index is -0.516. The fraction of sp³-hybridized carbons (Fsp3) is 0. The van der Waals surface area contributed by atoms with Crippen LogP contribution in [0.4, 0.5) is 5.69 Å². The molecule has 0 unspecified atom stereocenters. The number of nitrogens with zero attached hydrogens (tertiary/aromatic N) is 3. The number of benzene rings is 1. The summed E-state index contributed by atoms with van der Waals surface area (Å²) < 4.78 is 0.900. The van der Waals surface area contributed by atoms with Crippen molar-refractivity contribution in [1.29, 1.82) is 0 Å². The van der Waals surface area contributed by atoms with E-state index in [0.717, 1.165) is 4.09 Å². The topological polar surface area (TPSA) is 93.8 Å². The lowest BCUT2D eigenvalue weighted by atomic mass is 10.3. The Balaban J connectivity index is 2.29. The number of nitro benzene ring substituents is 1. The molecule has 2 heterocycles. The van der Waals surface area contributed by atoms with Gasteiger partial charge in [0.25, 0.3) is 11.2 Å². The Morgan fingerprint density at radius 2 is 2.10 bits per heavy atom. The van der Waals surface area contributed by atoms with Crippen molar-refractivity contribution in [1.82, 2.24) is 14.1 Å². The van der Waals surface area contributed by atoms with E-state index in [1.165, 1.54) is 12.3 Å². The van der Waals surface area contributed by atoms with E-state index in [0.29, 0.717) is 5.52 Å². The maximum Gasteiger partial charge on any atom is 0.297 e. The lowest BCUT2D eigenvalue weighted by Gasteiger charge is -1.96. The third kappa shape index (κ3) is 1.84. The predicted octanol–water partition coefficient (Wildman–Crippen LogP) is 2.30. The van der Waals surface area contributed by atoms with Gasteiger partial charge in [-0.1, -0.05) is 6.07 Å². The van der Waals surface area contributed by atoms with Gasteiger partial charge in [0.05, 0.1) is 16.0 Å². The number of H-pyrrole nitrogens is 1. The number of halogens is 1. The first-order valence-electron chi connectivity index (χ1n) is 5.59. The second kappa shape index (κ2) is 4.46. The number of hydrogen-bond donors (Lipinski definition) is 1. The molecule has 0 radical (unpaired) electrons. The van der Waals surface area contributed by atoms with Gasteiger partial charge in [0, 0.05) is 24.0 Å². The predicted molar refractivity (Wildman–Crippen MR) is 73.7 cm³/mol. The highest BCUT2D eigenvalue weighted by atomic mass is 35.5. The van der Waals surface area contributed by atoms with E-state index in [1.54, 1.807) is 24.3 Å². The van der Waals surface area contributed by atoms with Crippen molar-refractivity contribution in [3.8, 4) is 11.4 Å². The smallest absolute Gasteiger partial charge is 0.297 e. The lowest BCUT2D eigenvalue weighted by molar-refractivity contribution is -0.383. The van der Waals surface area contributed by atoms with Crippen LogP contribution in [-0.2, 0) is 0 Å². The molecule has 1 N–H and O–H groups in total. The minimum absolute atomic E-state index is 0.118. The SMILES string of the molecule is O=c1c(-c2nc3c([N+](=O)[O-])cccc3[nH]2)cccn1Cl. The minimum Gasteiger partial charge on any atom is -0.338 e. The Morgan fingerprint density at radius 3 is 2.85 bits per heavy atom. The van der Waals surface area contributed by atoms with Gasteiger partial charge in [-0.15, -0.1) is 0 Å². The average Bonchev–Trinajstić information content (AvgIpc) is 2.84. The van der Waals surface area contributed by atoms with Crippen LogP contribution in [0.1, 0.15) is 0 Å². The van der Waals surface area contributed by atoms with Crippen LogP contribution in [0.15, 0.2) is 41.3 Å². The van der Waals surface area contributed by atoms with Crippen molar-refractivity contribution in [3.63, 3.8) is 0 Å². The largest absolute Gasteiger partial charge is 0.338 e. The second-order valence-corrected chi connectivity index (χ2v) is 4.42. The molecule has 3 aromatic rings. The van der Waals surface area contributed by atoms with E-state index in [4.69, 9.17) is 11.8 Å². The number of pyridine rings is 1. The number of imidazole rings is 1. The van der Waals surface area contributed by atoms with Crippen molar-refractivity contribution in [3.05, 3.63) is 57.0 Å². The molecule has 0 aliphatic rings. The van der Waals surface area contributed by atoms with Crippen LogP contribution in [0.25, 0.3) is 22.4 Å². The summed E-state index contributed by atoms with van der Waals surface area (Å²) in [6, 6.07) is 7.70. The summed E-state index contributed by atoms with van der Waals surface area (Å²) >= 11 is 5.70. The molecule has 0 atom stereocenters. The Morgan fingerprint density at radius 1 is 1.30 bits per heavy atom. The zero-order valence-corrected chi connectivity index (χ0v) is 10.7. The van der Waals surface area contributed by atoms with Crippen LogP contribution in [0.3, 0.4) is 0 Å². The monoisotopic (exact) mass is 290 g/mol. The van der Waals surface area contributed by atoms with Crippen molar-refractivity contribution >= 4 is 28.5 Å². The molecule has 0 amide bonds. The Kier molecular flexibility index (Phi) is 2.76. The Bertz CT molecular complexity index is 884. The number of aromatic amines is 1. The number of nitrogens with one attached hydrogen (secondary N) is 1. The van der Waals surface area contributed by atoms with E-state index < -0.39 is 10.5 Å². The molecule has 0 saturated heterocycles. The normalized spacial score (nSPS) is 10.8. The first kappa shape index (κ1) is 12.4. The highest BCUT2D eigenvalue weighted by Crippen LogP contribution is 2.25. The van der Waals surface area contributed by atoms with Gasteiger partial charge in [-0.2, -0.15) is 0 Å². The molecule has 1 aromatic carbocycles. The zero-order valence-electron chi connectivity index (χ0n) is 9.91. The Labute approximate surface area is 116 Å². The van der Waals surface area contributed by atoms with Crippen molar-refractivity contribution in [2.24, 2.45) is 0 Å². The summed E-state index contributed by atoms with van der Waals surface area (Å²) in [4.78, 5) is 29.4. The van der Waals surface area contributed by atoms with E-state index in [2.05, 4.69) is 9.97 Å². The van der Waals surface area contributed by atoms with Gasteiger partial charge in [-0.05, 0) is 18.2 Å². The number of aromatic nitrogens is 3. The second-order valence-electron chi connectivity index (χ2n) is 4.05. The van der Waals surface area contributed by atoms with Gasteiger partial charge < -0.3 is 4.98 Å². The van der Waals surface area contributed by atoms with Gasteiger partial charge in [0.2, 0.25) is 0 Å². The Hall–Kier alpha value is -2.67. The van der Waals surface area contributed by atoms with Crippen LogP contribution >= 0.6 is 11.8 Å². The van der Waals surface area contributed by atoms with Gasteiger partial charge in [-0.3, -0.25) is 14.9 Å². The average molecular weight is 291 g/mol. The molecule has 8 heteroatoms. The highest BCUT2D eigenvalue weighted by molar-refractivity contribution is 6.15. The van der Waals surface area contributed by atoms with Crippen LogP contribution in [-0.4, -0.2) is 19.0 Å². The molecule has 0 bridgehead atoms. The first-order valence-corrected chi connectivity index (χ1v) is 5.93. The molecule has 20 heavy (non-hydrogen) atoms. The number of hydrogen-bond acceptors (Lipinski definition) is 4. The van der Waals surface area contributed by atoms with Crippen LogP contribution in [0, 0.1) is 10.1 Å². The van der Waals surface area contributed by atoms with E-state index in [1.807, 2.05) is 0 Å². The maximum absolute atomic E-state index is 11.9. The number of rotatable bonds is 2. The molecule has 3 rings (SSSR count). The zero-order chi connectivity index (χ0) is 14.3. The first-order chi connectivity index (χ1) is 9.58. The molecule has 2 aromatic heterocycles. The molecule has 0 aliphatic carbocycles. The molecule has 0 saturated carbocycles. The highest BCUT2D eigenvalue weighted by Gasteiger charge is 2.17. The van der Waals surface area contributed by atoms with Crippen LogP contribution in [0.2, 0.25) is 0 Å². The van der Waals surface area contributed by atoms with Gasteiger partial charge in [0.15, 0.2) is 5.52 Å². The maximum atomic E-state index is 11.9. The molecule has 0 fully saturated rings. The van der Waals surface area contributed by atoms with Crippen molar-refractivity contribution in [2.45, 2.75) is 0 Å². The summed E-state index contributed by atoms with van der Waals surface area (Å²) in [5, 5.41) is 10.9. The van der Waals surface area contributed by atoms with Gasteiger partial charge in [0.1, 0.15) is 5.82 Å². The fourth-order valence-corrected chi connectivity index (χ4v) is 2.10. The summed E-state index contributed by atoms with van der Waals surface area (Å²) in [7, 11) is 0. The summed E-state index contributed by atoms with van der Waals surface area (Å²) in [5.74, 6) is 0.245. The molecule has 0 aliphatic heterocycles. The van der Waals surface area contributed by atoms with Gasteiger partial charge in [-0.25, -0.2) is 9.07 Å². The molecule has 100 valence electrons. The number of para-hydroxylation sites is 1.